The third-order valence-electron chi connectivity index (χ3n) is 2.64. The quantitative estimate of drug-likeness (QED) is 0.794. The Bertz CT molecular complexity index is 563. The van der Waals surface area contributed by atoms with Gasteiger partial charge in [0.25, 0.3) is 0 Å². The number of fused-ring (bicyclic) bond motifs is 1. The highest BCUT2D eigenvalue weighted by atomic mass is 16.5. The van der Waals surface area contributed by atoms with Crippen LogP contribution in [0.2, 0.25) is 0 Å². The van der Waals surface area contributed by atoms with Crippen molar-refractivity contribution in [2.45, 2.75) is 6.42 Å². The molecular formula is C14H14O4. The molecule has 94 valence electrons. The molecule has 0 amide bonds. The predicted octanol–water partition coefficient (Wildman–Crippen LogP) is 2.30. The molecule has 4 heteroatoms. The highest BCUT2D eigenvalue weighted by Crippen LogP contribution is 2.26. The minimum Gasteiger partial charge on any atom is -0.493 e. The summed E-state index contributed by atoms with van der Waals surface area (Å²) in [5, 5.41) is 19.6. The van der Waals surface area contributed by atoms with E-state index in [1.54, 1.807) is 12.1 Å². The summed E-state index contributed by atoms with van der Waals surface area (Å²) in [5.41, 5.74) is 0.145. The Morgan fingerprint density at radius 1 is 1.17 bits per heavy atom. The minimum atomic E-state index is -1.01. The van der Waals surface area contributed by atoms with E-state index in [2.05, 4.69) is 0 Å². The van der Waals surface area contributed by atoms with Crippen LogP contribution in [0.15, 0.2) is 36.4 Å². The third kappa shape index (κ3) is 2.60. The van der Waals surface area contributed by atoms with E-state index >= 15 is 0 Å². The molecule has 0 fully saturated rings. The first-order valence-corrected chi connectivity index (χ1v) is 5.72. The molecule has 0 atom stereocenters. The summed E-state index contributed by atoms with van der Waals surface area (Å²) in [7, 11) is 0. The highest BCUT2D eigenvalue weighted by Gasteiger charge is 2.12. The van der Waals surface area contributed by atoms with Crippen LogP contribution in [-0.2, 0) is 0 Å². The number of aliphatic hydroxyl groups excluding tert-OH is 1. The number of aromatic carboxylic acids is 1. The Morgan fingerprint density at radius 3 is 2.44 bits per heavy atom. The molecule has 0 aliphatic rings. The van der Waals surface area contributed by atoms with Gasteiger partial charge in [-0.15, -0.1) is 0 Å². The first-order chi connectivity index (χ1) is 8.72. The van der Waals surface area contributed by atoms with Gasteiger partial charge in [-0.2, -0.15) is 0 Å². The first kappa shape index (κ1) is 12.4. The van der Waals surface area contributed by atoms with Crippen molar-refractivity contribution in [3.8, 4) is 5.75 Å². The van der Waals surface area contributed by atoms with Crippen molar-refractivity contribution in [3.05, 3.63) is 42.0 Å². The van der Waals surface area contributed by atoms with E-state index in [0.717, 1.165) is 10.8 Å². The fraction of sp³-hybridized carbons (Fsp3) is 0.214. The molecule has 0 aromatic heterocycles. The Labute approximate surface area is 104 Å². The van der Waals surface area contributed by atoms with Crippen LogP contribution >= 0.6 is 0 Å². The lowest BCUT2D eigenvalue weighted by atomic mass is 10.1. The molecule has 0 bridgehead atoms. The summed E-state index contributed by atoms with van der Waals surface area (Å²) >= 11 is 0. The van der Waals surface area contributed by atoms with Gasteiger partial charge in [0.15, 0.2) is 0 Å². The first-order valence-electron chi connectivity index (χ1n) is 5.72. The van der Waals surface area contributed by atoms with Crippen molar-refractivity contribution in [1.29, 1.82) is 0 Å². The second-order valence-electron chi connectivity index (χ2n) is 3.93. The van der Waals surface area contributed by atoms with E-state index < -0.39 is 5.97 Å². The van der Waals surface area contributed by atoms with Crippen molar-refractivity contribution in [1.82, 2.24) is 0 Å². The fourth-order valence-corrected chi connectivity index (χ4v) is 1.75. The standard InChI is InChI=1S/C14H14O4/c15-6-3-7-18-13-9-11-5-2-1-4-10(11)8-12(13)14(16)17/h1-2,4-5,8-9,15H,3,6-7H2,(H,16,17). The van der Waals surface area contributed by atoms with E-state index in [0.29, 0.717) is 18.8 Å². The Hall–Kier alpha value is -2.07. The molecular weight excluding hydrogens is 232 g/mol. The second kappa shape index (κ2) is 5.51. The molecule has 0 saturated heterocycles. The monoisotopic (exact) mass is 246 g/mol. The number of carbonyl (C=O) groups is 1. The van der Waals surface area contributed by atoms with Gasteiger partial charge >= 0.3 is 5.97 Å². The number of rotatable bonds is 5. The molecule has 2 aromatic carbocycles. The van der Waals surface area contributed by atoms with Gasteiger partial charge in [0.1, 0.15) is 11.3 Å². The molecule has 4 nitrogen and oxygen atoms in total. The van der Waals surface area contributed by atoms with Crippen LogP contribution < -0.4 is 4.74 Å². The molecule has 0 spiro atoms. The van der Waals surface area contributed by atoms with Gasteiger partial charge in [-0.05, 0) is 22.9 Å². The van der Waals surface area contributed by atoms with E-state index in [1.165, 1.54) is 0 Å². The Morgan fingerprint density at radius 2 is 1.83 bits per heavy atom. The summed E-state index contributed by atoms with van der Waals surface area (Å²) in [6, 6.07) is 10.8. The topological polar surface area (TPSA) is 66.8 Å². The lowest BCUT2D eigenvalue weighted by Gasteiger charge is -2.10. The van der Waals surface area contributed by atoms with Gasteiger partial charge in [-0.3, -0.25) is 0 Å². The zero-order valence-corrected chi connectivity index (χ0v) is 9.80. The maximum Gasteiger partial charge on any atom is 0.339 e. The van der Waals surface area contributed by atoms with Crippen molar-refractivity contribution < 1.29 is 19.7 Å². The van der Waals surface area contributed by atoms with Gasteiger partial charge in [-0.1, -0.05) is 24.3 Å². The van der Waals surface area contributed by atoms with Gasteiger partial charge in [0.05, 0.1) is 6.61 Å². The van der Waals surface area contributed by atoms with Crippen molar-refractivity contribution in [3.63, 3.8) is 0 Å². The molecule has 0 aliphatic carbocycles. The van der Waals surface area contributed by atoms with Crippen LogP contribution in [0, 0.1) is 0 Å². The predicted molar refractivity (Wildman–Crippen MR) is 68.1 cm³/mol. The van der Waals surface area contributed by atoms with Crippen molar-refractivity contribution in [2.75, 3.05) is 13.2 Å². The van der Waals surface area contributed by atoms with E-state index in [-0.39, 0.29) is 12.2 Å². The maximum atomic E-state index is 11.2. The van der Waals surface area contributed by atoms with Crippen LogP contribution in [-0.4, -0.2) is 29.4 Å². The van der Waals surface area contributed by atoms with Gasteiger partial charge < -0.3 is 14.9 Å². The molecule has 0 heterocycles. The lowest BCUT2D eigenvalue weighted by molar-refractivity contribution is 0.0692. The molecule has 0 aliphatic heterocycles. The average Bonchev–Trinajstić information content (AvgIpc) is 2.38. The number of ether oxygens (including phenoxy) is 1. The highest BCUT2D eigenvalue weighted by molar-refractivity contribution is 5.97. The minimum absolute atomic E-state index is 0.0238. The van der Waals surface area contributed by atoms with Crippen LogP contribution in [0.25, 0.3) is 10.8 Å². The molecule has 0 unspecified atom stereocenters. The second-order valence-corrected chi connectivity index (χ2v) is 3.93. The summed E-state index contributed by atoms with van der Waals surface area (Å²) in [6.45, 7) is 0.325. The summed E-state index contributed by atoms with van der Waals surface area (Å²) in [4.78, 5) is 11.2. The number of carboxylic acids is 1. The number of hydrogen-bond acceptors (Lipinski definition) is 3. The van der Waals surface area contributed by atoms with Crippen molar-refractivity contribution >= 4 is 16.7 Å². The number of benzene rings is 2. The van der Waals surface area contributed by atoms with Crippen LogP contribution in [0.4, 0.5) is 0 Å². The Kier molecular flexibility index (Phi) is 3.79. The lowest BCUT2D eigenvalue weighted by Crippen LogP contribution is -2.05. The maximum absolute atomic E-state index is 11.2. The van der Waals surface area contributed by atoms with Crippen molar-refractivity contribution in [2.24, 2.45) is 0 Å². The summed E-state index contributed by atoms with van der Waals surface area (Å²) < 4.78 is 5.41. The smallest absolute Gasteiger partial charge is 0.339 e. The third-order valence-corrected chi connectivity index (χ3v) is 2.64. The number of hydrogen-bond donors (Lipinski definition) is 2. The van der Waals surface area contributed by atoms with Crippen LogP contribution in [0.5, 0.6) is 5.75 Å². The largest absolute Gasteiger partial charge is 0.493 e. The molecule has 0 saturated carbocycles. The van der Waals surface area contributed by atoms with Gasteiger partial charge in [0, 0.05) is 13.0 Å². The molecule has 2 aromatic rings. The van der Waals surface area contributed by atoms with E-state index in [9.17, 15) is 4.79 Å². The average molecular weight is 246 g/mol. The zero-order chi connectivity index (χ0) is 13.0. The van der Waals surface area contributed by atoms with E-state index in [1.807, 2.05) is 24.3 Å². The zero-order valence-electron chi connectivity index (χ0n) is 9.80. The summed E-state index contributed by atoms with van der Waals surface area (Å²) in [6.07, 6.45) is 0.478. The number of aliphatic hydroxyl groups is 1. The van der Waals surface area contributed by atoms with Crippen LogP contribution in [0.3, 0.4) is 0 Å². The Balaban J connectivity index is 2.41. The fourth-order valence-electron chi connectivity index (χ4n) is 1.75. The van der Waals surface area contributed by atoms with E-state index in [4.69, 9.17) is 14.9 Å². The SMILES string of the molecule is O=C(O)c1cc2ccccc2cc1OCCCO. The molecule has 18 heavy (non-hydrogen) atoms. The molecule has 0 radical (unpaired) electrons. The van der Waals surface area contributed by atoms with Gasteiger partial charge in [-0.25, -0.2) is 4.79 Å². The van der Waals surface area contributed by atoms with Gasteiger partial charge in [0.2, 0.25) is 0 Å². The van der Waals surface area contributed by atoms with Crippen LogP contribution in [0.1, 0.15) is 16.8 Å². The summed E-state index contributed by atoms with van der Waals surface area (Å²) in [5.74, 6) is -0.672. The molecule has 2 N–H and O–H groups in total. The normalized spacial score (nSPS) is 10.5. The molecule has 2 rings (SSSR count). The number of carboxylic acid groups (broad SMARTS) is 1.